The van der Waals surface area contributed by atoms with E-state index in [1.165, 1.54) is 10.4 Å². The molecule has 0 bridgehead atoms. The van der Waals surface area contributed by atoms with Crippen molar-refractivity contribution in [1.29, 1.82) is 0 Å². The number of hydrogen-bond donors (Lipinski definition) is 2. The van der Waals surface area contributed by atoms with Crippen LogP contribution in [0.4, 0.5) is 11.6 Å². The molecule has 0 aromatic carbocycles. The molecule has 84 valence electrons. The van der Waals surface area contributed by atoms with Gasteiger partial charge < -0.3 is 11.1 Å². The molecule has 0 unspecified atom stereocenters. The van der Waals surface area contributed by atoms with Crippen LogP contribution in [0.2, 0.25) is 0 Å². The van der Waals surface area contributed by atoms with Gasteiger partial charge in [-0.15, -0.1) is 11.3 Å². The second-order valence-electron chi connectivity index (χ2n) is 3.42. The average Bonchev–Trinajstić information content (AvgIpc) is 2.76. The molecule has 0 aliphatic heterocycles. The molecule has 3 N–H and O–H groups in total. The van der Waals surface area contributed by atoms with E-state index in [2.05, 4.69) is 33.7 Å². The summed E-state index contributed by atoms with van der Waals surface area (Å²) in [5, 5.41) is 5.29. The molecular formula is C11H14N4S. The molecule has 2 rings (SSSR count). The zero-order chi connectivity index (χ0) is 11.4. The summed E-state index contributed by atoms with van der Waals surface area (Å²) in [6.45, 7) is 2.93. The lowest BCUT2D eigenvalue weighted by Gasteiger charge is -2.04. The maximum Gasteiger partial charge on any atom is 0.223 e. The van der Waals surface area contributed by atoms with Crippen LogP contribution in [-0.4, -0.2) is 9.97 Å². The van der Waals surface area contributed by atoms with Crippen molar-refractivity contribution in [1.82, 2.24) is 9.97 Å². The van der Waals surface area contributed by atoms with E-state index in [9.17, 15) is 0 Å². The summed E-state index contributed by atoms with van der Waals surface area (Å²) in [5.41, 5.74) is 7.47. The third-order valence-corrected chi connectivity index (χ3v) is 3.26. The van der Waals surface area contributed by atoms with Crippen molar-refractivity contribution in [2.45, 2.75) is 19.9 Å². The molecule has 5 heteroatoms. The number of rotatable bonds is 4. The van der Waals surface area contributed by atoms with Gasteiger partial charge in [0.25, 0.3) is 0 Å². The topological polar surface area (TPSA) is 63.8 Å². The van der Waals surface area contributed by atoms with Crippen LogP contribution in [0.15, 0.2) is 23.8 Å². The number of thiophene rings is 1. The van der Waals surface area contributed by atoms with Crippen LogP contribution in [0.1, 0.15) is 17.4 Å². The first-order chi connectivity index (χ1) is 7.79. The fraction of sp³-hybridized carbons (Fsp3) is 0.273. The lowest BCUT2D eigenvalue weighted by Crippen LogP contribution is -2.03. The van der Waals surface area contributed by atoms with Gasteiger partial charge in [0, 0.05) is 4.88 Å². The number of nitrogens with two attached hydrogens (primary N) is 1. The highest BCUT2D eigenvalue weighted by Crippen LogP contribution is 2.18. The molecule has 0 spiro atoms. The summed E-state index contributed by atoms with van der Waals surface area (Å²) >= 11 is 1.75. The van der Waals surface area contributed by atoms with Crippen LogP contribution in [0.3, 0.4) is 0 Å². The van der Waals surface area contributed by atoms with Crippen LogP contribution in [0.25, 0.3) is 0 Å². The highest BCUT2D eigenvalue weighted by molar-refractivity contribution is 7.10. The van der Waals surface area contributed by atoms with Crippen molar-refractivity contribution in [3.63, 3.8) is 0 Å². The fourth-order valence-corrected chi connectivity index (χ4v) is 2.34. The molecule has 2 aromatic rings. The highest BCUT2D eigenvalue weighted by Gasteiger charge is 2.02. The summed E-state index contributed by atoms with van der Waals surface area (Å²) in [4.78, 5) is 9.52. The van der Waals surface area contributed by atoms with Crippen molar-refractivity contribution >= 4 is 23.0 Å². The van der Waals surface area contributed by atoms with E-state index in [4.69, 9.17) is 5.73 Å². The summed E-state index contributed by atoms with van der Waals surface area (Å²) in [6, 6.07) is 2.16. The number of hydrogen-bond acceptors (Lipinski definition) is 5. The lowest BCUT2D eigenvalue weighted by atomic mass is 10.2. The molecule has 0 fully saturated rings. The Morgan fingerprint density at radius 2 is 2.12 bits per heavy atom. The minimum absolute atomic E-state index is 0.580. The molecule has 0 radical (unpaired) electrons. The molecule has 0 aliphatic carbocycles. The first-order valence-corrected chi connectivity index (χ1v) is 6.04. The summed E-state index contributed by atoms with van der Waals surface area (Å²) < 4.78 is 0. The molecule has 0 saturated carbocycles. The molecule has 0 aliphatic rings. The molecular weight excluding hydrogens is 220 g/mol. The Bertz CT molecular complexity index is 449. The normalized spacial score (nSPS) is 10.3. The maximum atomic E-state index is 5.51. The lowest BCUT2D eigenvalue weighted by molar-refractivity contribution is 1.04. The predicted octanol–water partition coefficient (Wildman–Crippen LogP) is 2.29. The highest BCUT2D eigenvalue weighted by atomic mass is 32.1. The molecule has 16 heavy (non-hydrogen) atoms. The van der Waals surface area contributed by atoms with E-state index in [1.54, 1.807) is 23.7 Å². The van der Waals surface area contributed by atoms with Gasteiger partial charge in [-0.3, -0.25) is 0 Å². The Hall–Kier alpha value is -1.62. The van der Waals surface area contributed by atoms with E-state index in [0.29, 0.717) is 11.6 Å². The number of nitrogens with one attached hydrogen (secondary N) is 1. The van der Waals surface area contributed by atoms with Crippen molar-refractivity contribution < 1.29 is 0 Å². The van der Waals surface area contributed by atoms with E-state index in [0.717, 1.165) is 13.0 Å². The van der Waals surface area contributed by atoms with Gasteiger partial charge in [-0.05, 0) is 23.4 Å². The monoisotopic (exact) mass is 234 g/mol. The quantitative estimate of drug-likeness (QED) is 0.852. The van der Waals surface area contributed by atoms with E-state index in [-0.39, 0.29) is 0 Å². The number of nitrogen functional groups attached to an aromatic ring is 1. The van der Waals surface area contributed by atoms with Crippen LogP contribution in [-0.2, 0) is 13.0 Å². The van der Waals surface area contributed by atoms with Gasteiger partial charge in [0.15, 0.2) is 0 Å². The Morgan fingerprint density at radius 1 is 1.38 bits per heavy atom. The maximum absolute atomic E-state index is 5.51. The van der Waals surface area contributed by atoms with Crippen LogP contribution in [0, 0.1) is 0 Å². The predicted molar refractivity (Wildman–Crippen MR) is 67.5 cm³/mol. The number of aromatic nitrogens is 2. The Labute approximate surface area is 98.6 Å². The zero-order valence-electron chi connectivity index (χ0n) is 9.10. The Kier molecular flexibility index (Phi) is 3.36. The van der Waals surface area contributed by atoms with E-state index in [1.807, 2.05) is 0 Å². The second-order valence-corrected chi connectivity index (χ2v) is 4.42. The molecule has 0 saturated heterocycles. The third kappa shape index (κ3) is 2.49. The second kappa shape index (κ2) is 4.94. The van der Waals surface area contributed by atoms with Gasteiger partial charge in [0.1, 0.15) is 0 Å². The molecule has 2 heterocycles. The van der Waals surface area contributed by atoms with Crippen molar-refractivity contribution in [2.24, 2.45) is 0 Å². The summed E-state index contributed by atoms with van der Waals surface area (Å²) in [6.07, 6.45) is 4.26. The van der Waals surface area contributed by atoms with E-state index >= 15 is 0 Å². The molecule has 2 aromatic heterocycles. The van der Waals surface area contributed by atoms with Gasteiger partial charge >= 0.3 is 0 Å². The number of anilines is 2. The molecule has 0 amide bonds. The zero-order valence-corrected chi connectivity index (χ0v) is 9.92. The minimum atomic E-state index is 0.580. The van der Waals surface area contributed by atoms with Crippen molar-refractivity contribution in [3.8, 4) is 0 Å². The third-order valence-electron chi connectivity index (χ3n) is 2.30. The van der Waals surface area contributed by atoms with Crippen molar-refractivity contribution in [3.05, 3.63) is 34.3 Å². The first-order valence-electron chi connectivity index (χ1n) is 5.16. The van der Waals surface area contributed by atoms with Gasteiger partial charge in [-0.2, -0.15) is 0 Å². The van der Waals surface area contributed by atoms with Gasteiger partial charge in [-0.25, -0.2) is 9.97 Å². The minimum Gasteiger partial charge on any atom is -0.396 e. The standard InChI is InChI=1S/C11H14N4S/c1-2-8-3-4-16-10(8)7-15-11-13-5-9(12)6-14-11/h3-6H,2,7,12H2,1H3,(H,13,14,15). The van der Waals surface area contributed by atoms with Crippen LogP contribution in [0.5, 0.6) is 0 Å². The van der Waals surface area contributed by atoms with Gasteiger partial charge in [0.2, 0.25) is 5.95 Å². The summed E-state index contributed by atoms with van der Waals surface area (Å²) in [7, 11) is 0. The smallest absolute Gasteiger partial charge is 0.223 e. The number of aryl methyl sites for hydroxylation is 1. The molecule has 0 atom stereocenters. The SMILES string of the molecule is CCc1ccsc1CNc1ncc(N)cn1. The Morgan fingerprint density at radius 3 is 2.81 bits per heavy atom. The summed E-state index contributed by atoms with van der Waals surface area (Å²) in [5.74, 6) is 0.615. The Balaban J connectivity index is 1.99. The van der Waals surface area contributed by atoms with Crippen LogP contribution < -0.4 is 11.1 Å². The largest absolute Gasteiger partial charge is 0.396 e. The molecule has 4 nitrogen and oxygen atoms in total. The van der Waals surface area contributed by atoms with Gasteiger partial charge in [-0.1, -0.05) is 6.92 Å². The first kappa shape index (κ1) is 10.9. The van der Waals surface area contributed by atoms with Crippen molar-refractivity contribution in [2.75, 3.05) is 11.1 Å². The average molecular weight is 234 g/mol. The van der Waals surface area contributed by atoms with Crippen LogP contribution >= 0.6 is 11.3 Å². The number of nitrogens with zero attached hydrogens (tertiary/aromatic N) is 2. The van der Waals surface area contributed by atoms with Gasteiger partial charge in [0.05, 0.1) is 24.6 Å². The fourth-order valence-electron chi connectivity index (χ4n) is 1.43. The van der Waals surface area contributed by atoms with E-state index < -0.39 is 0 Å².